The summed E-state index contributed by atoms with van der Waals surface area (Å²) in [6.45, 7) is 4.59. The van der Waals surface area contributed by atoms with Crippen LogP contribution in [0.2, 0.25) is 0 Å². The SMILES string of the molecule is CCC(C)C1[CH]C1. The second-order valence-corrected chi connectivity index (χ2v) is 2.52. The molecule has 1 rings (SSSR count). The van der Waals surface area contributed by atoms with Crippen LogP contribution in [0.5, 0.6) is 0 Å². The smallest absolute Gasteiger partial charge is 0.0349 e. The fourth-order valence-electron chi connectivity index (χ4n) is 0.846. The van der Waals surface area contributed by atoms with Crippen molar-refractivity contribution in [3.63, 3.8) is 0 Å². The van der Waals surface area contributed by atoms with Crippen LogP contribution >= 0.6 is 0 Å². The van der Waals surface area contributed by atoms with Crippen LogP contribution in [0.3, 0.4) is 0 Å². The lowest BCUT2D eigenvalue weighted by Gasteiger charge is -2.01. The van der Waals surface area contributed by atoms with E-state index in [4.69, 9.17) is 0 Å². The molecule has 0 saturated heterocycles. The quantitative estimate of drug-likeness (QED) is 0.495. The summed E-state index contributed by atoms with van der Waals surface area (Å²) in [6.07, 6.45) is 5.13. The Morgan fingerprint density at radius 2 is 2.43 bits per heavy atom. The highest BCUT2D eigenvalue weighted by Gasteiger charge is 2.26. The molecule has 0 aliphatic heterocycles. The first-order valence-electron chi connectivity index (χ1n) is 3.18. The summed E-state index contributed by atoms with van der Waals surface area (Å²) >= 11 is 0. The molecule has 1 aliphatic carbocycles. The molecule has 0 nitrogen and oxygen atoms in total. The normalized spacial score (nSPS) is 24.9. The van der Waals surface area contributed by atoms with Gasteiger partial charge in [0.15, 0.2) is 0 Å². The minimum absolute atomic E-state index is 0.958. The minimum atomic E-state index is 0.958. The Morgan fingerprint density at radius 1 is 1.86 bits per heavy atom. The molecular formula is C7H13. The molecule has 7 heavy (non-hydrogen) atoms. The summed E-state index contributed by atoms with van der Waals surface area (Å²) in [7, 11) is 0. The van der Waals surface area contributed by atoms with Gasteiger partial charge in [-0.1, -0.05) is 20.3 Å². The van der Waals surface area contributed by atoms with Crippen molar-refractivity contribution in [1.29, 1.82) is 0 Å². The van der Waals surface area contributed by atoms with Crippen LogP contribution in [-0.2, 0) is 0 Å². The van der Waals surface area contributed by atoms with Crippen molar-refractivity contribution in [3.8, 4) is 0 Å². The minimum Gasteiger partial charge on any atom is -0.0651 e. The van der Waals surface area contributed by atoms with Crippen molar-refractivity contribution < 1.29 is 0 Å². The lowest BCUT2D eigenvalue weighted by molar-refractivity contribution is 0.506. The molecule has 0 aromatic heterocycles. The van der Waals surface area contributed by atoms with E-state index in [9.17, 15) is 0 Å². The van der Waals surface area contributed by atoms with Gasteiger partial charge in [0.1, 0.15) is 0 Å². The third-order valence-electron chi connectivity index (χ3n) is 1.88. The van der Waals surface area contributed by atoms with Gasteiger partial charge in [0.25, 0.3) is 0 Å². The van der Waals surface area contributed by atoms with Crippen molar-refractivity contribution in [1.82, 2.24) is 0 Å². The molecule has 0 N–H and O–H groups in total. The summed E-state index contributed by atoms with van der Waals surface area (Å²) in [5.41, 5.74) is 0. The molecule has 0 aromatic rings. The molecule has 0 aromatic carbocycles. The van der Waals surface area contributed by atoms with Crippen LogP contribution in [0, 0.1) is 18.3 Å². The Hall–Kier alpha value is 0. The molecule has 0 amide bonds. The van der Waals surface area contributed by atoms with Gasteiger partial charge in [-0.05, 0) is 24.7 Å². The van der Waals surface area contributed by atoms with Crippen LogP contribution in [0.4, 0.5) is 0 Å². The monoisotopic (exact) mass is 97.1 g/mol. The highest BCUT2D eigenvalue weighted by molar-refractivity contribution is 4.96. The van der Waals surface area contributed by atoms with Gasteiger partial charge in [-0.2, -0.15) is 0 Å². The largest absolute Gasteiger partial charge is 0.0651 e. The van der Waals surface area contributed by atoms with Gasteiger partial charge in [0.2, 0.25) is 0 Å². The third-order valence-corrected chi connectivity index (χ3v) is 1.88. The lowest BCUT2D eigenvalue weighted by Crippen LogP contribution is -1.92. The van der Waals surface area contributed by atoms with Gasteiger partial charge >= 0.3 is 0 Å². The first-order valence-corrected chi connectivity index (χ1v) is 3.18. The second-order valence-electron chi connectivity index (χ2n) is 2.52. The highest BCUT2D eigenvalue weighted by atomic mass is 14.3. The Balaban J connectivity index is 2.10. The summed E-state index contributed by atoms with van der Waals surface area (Å²) in [5, 5.41) is 0. The Bertz CT molecular complexity index is 53.1. The third kappa shape index (κ3) is 1.19. The van der Waals surface area contributed by atoms with E-state index in [-0.39, 0.29) is 0 Å². The standard InChI is InChI=1S/C7H13/c1-3-6(2)7-4-5-7/h4,6-7H,3,5H2,1-2H3. The molecule has 2 atom stereocenters. The Kier molecular flexibility index (Phi) is 1.36. The topological polar surface area (TPSA) is 0 Å². The molecule has 0 heterocycles. The molecular weight excluding hydrogens is 84.1 g/mol. The molecule has 1 aliphatic rings. The zero-order chi connectivity index (χ0) is 5.28. The van der Waals surface area contributed by atoms with E-state index in [2.05, 4.69) is 20.3 Å². The van der Waals surface area contributed by atoms with E-state index in [1.54, 1.807) is 0 Å². The van der Waals surface area contributed by atoms with Crippen LogP contribution in [-0.4, -0.2) is 0 Å². The summed E-state index contributed by atoms with van der Waals surface area (Å²) in [5.74, 6) is 1.95. The van der Waals surface area contributed by atoms with E-state index in [0.717, 1.165) is 11.8 Å². The van der Waals surface area contributed by atoms with Crippen LogP contribution in [0.1, 0.15) is 26.7 Å². The first kappa shape index (κ1) is 5.14. The molecule has 2 unspecified atom stereocenters. The lowest BCUT2D eigenvalue weighted by atomic mass is 10.0. The summed E-state index contributed by atoms with van der Waals surface area (Å²) < 4.78 is 0. The number of hydrogen-bond acceptors (Lipinski definition) is 0. The van der Waals surface area contributed by atoms with Crippen molar-refractivity contribution in [2.24, 2.45) is 11.8 Å². The predicted molar refractivity (Wildman–Crippen MR) is 31.9 cm³/mol. The predicted octanol–water partition coefficient (Wildman–Crippen LogP) is 2.26. The number of rotatable bonds is 2. The van der Waals surface area contributed by atoms with Crippen molar-refractivity contribution >= 4 is 0 Å². The molecule has 1 fully saturated rings. The molecule has 1 radical (unpaired) electrons. The van der Waals surface area contributed by atoms with Gasteiger partial charge in [-0.3, -0.25) is 0 Å². The van der Waals surface area contributed by atoms with Gasteiger partial charge in [-0.25, -0.2) is 0 Å². The summed E-state index contributed by atoms with van der Waals surface area (Å²) in [6, 6.07) is 0. The fourth-order valence-corrected chi connectivity index (χ4v) is 0.846. The van der Waals surface area contributed by atoms with E-state index in [1.807, 2.05) is 0 Å². The van der Waals surface area contributed by atoms with Crippen LogP contribution in [0.25, 0.3) is 0 Å². The van der Waals surface area contributed by atoms with E-state index in [0.29, 0.717) is 0 Å². The molecule has 41 valence electrons. The van der Waals surface area contributed by atoms with Crippen molar-refractivity contribution in [2.75, 3.05) is 0 Å². The Labute approximate surface area is 45.9 Å². The van der Waals surface area contributed by atoms with Crippen LogP contribution in [0.15, 0.2) is 0 Å². The van der Waals surface area contributed by atoms with Crippen LogP contribution < -0.4 is 0 Å². The van der Waals surface area contributed by atoms with Gasteiger partial charge in [0.05, 0.1) is 0 Å². The first-order chi connectivity index (χ1) is 3.34. The van der Waals surface area contributed by atoms with E-state index >= 15 is 0 Å². The van der Waals surface area contributed by atoms with E-state index in [1.165, 1.54) is 12.8 Å². The second kappa shape index (κ2) is 1.85. The molecule has 0 heteroatoms. The molecule has 0 spiro atoms. The summed E-state index contributed by atoms with van der Waals surface area (Å²) in [4.78, 5) is 0. The maximum Gasteiger partial charge on any atom is -0.0349 e. The van der Waals surface area contributed by atoms with Gasteiger partial charge in [0, 0.05) is 0 Å². The maximum atomic E-state index is 2.40. The molecule has 0 bridgehead atoms. The number of hydrogen-bond donors (Lipinski definition) is 0. The molecule has 1 saturated carbocycles. The maximum absolute atomic E-state index is 2.40. The van der Waals surface area contributed by atoms with Gasteiger partial charge in [-0.15, -0.1) is 0 Å². The Morgan fingerprint density at radius 3 is 2.57 bits per heavy atom. The average Bonchev–Trinajstić information content (AvgIpc) is 2.44. The van der Waals surface area contributed by atoms with Crippen molar-refractivity contribution in [3.05, 3.63) is 6.42 Å². The van der Waals surface area contributed by atoms with Gasteiger partial charge < -0.3 is 0 Å². The zero-order valence-corrected chi connectivity index (χ0v) is 5.15. The zero-order valence-electron chi connectivity index (χ0n) is 5.15. The van der Waals surface area contributed by atoms with E-state index < -0.39 is 0 Å². The highest BCUT2D eigenvalue weighted by Crippen LogP contribution is 2.36. The van der Waals surface area contributed by atoms with Crippen molar-refractivity contribution in [2.45, 2.75) is 26.7 Å². The fraction of sp³-hybridized carbons (Fsp3) is 0.857. The average molecular weight is 97.2 g/mol.